The molecule has 1 amide bonds. The van der Waals surface area contributed by atoms with Crippen molar-refractivity contribution in [2.45, 2.75) is 19.1 Å². The van der Waals surface area contributed by atoms with Crippen LogP contribution >= 0.6 is 11.3 Å². The number of aromatic nitrogens is 1. The van der Waals surface area contributed by atoms with Gasteiger partial charge in [-0.05, 0) is 6.92 Å². The Morgan fingerprint density at radius 2 is 2.11 bits per heavy atom. The largest absolute Gasteiger partial charge is 0.461 e. The van der Waals surface area contributed by atoms with E-state index in [-0.39, 0.29) is 22.3 Å². The van der Waals surface area contributed by atoms with Crippen molar-refractivity contribution in [1.82, 2.24) is 4.98 Å². The monoisotopic (exact) mass is 275 g/mol. The lowest BCUT2D eigenvalue weighted by Crippen LogP contribution is -2.34. The predicted molar refractivity (Wildman–Crippen MR) is 62.6 cm³/mol. The van der Waals surface area contributed by atoms with Gasteiger partial charge < -0.3 is 26.4 Å². The Bertz CT molecular complexity index is 461. The molecule has 8 nitrogen and oxygen atoms in total. The summed E-state index contributed by atoms with van der Waals surface area (Å²) in [5.74, 6) is -1.92. The van der Waals surface area contributed by atoms with Gasteiger partial charge in [-0.2, -0.15) is 0 Å². The minimum absolute atomic E-state index is 0.00349. The normalized spacial score (nSPS) is 13.9. The number of nitrogen functional groups attached to an aromatic ring is 1. The van der Waals surface area contributed by atoms with E-state index in [2.05, 4.69) is 4.98 Å². The van der Waals surface area contributed by atoms with E-state index in [9.17, 15) is 19.8 Å². The molecule has 0 radical (unpaired) electrons. The van der Waals surface area contributed by atoms with E-state index in [1.54, 1.807) is 6.92 Å². The lowest BCUT2D eigenvalue weighted by molar-refractivity contribution is -0.131. The molecule has 1 rings (SSSR count). The van der Waals surface area contributed by atoms with E-state index in [0.717, 1.165) is 11.3 Å². The van der Waals surface area contributed by atoms with Crippen molar-refractivity contribution < 1.29 is 24.5 Å². The van der Waals surface area contributed by atoms with Crippen molar-refractivity contribution in [3.05, 3.63) is 10.6 Å². The summed E-state index contributed by atoms with van der Waals surface area (Å²) in [6.07, 6.45) is -3.52. The van der Waals surface area contributed by atoms with Gasteiger partial charge in [0.25, 0.3) is 0 Å². The molecule has 0 aliphatic rings. The van der Waals surface area contributed by atoms with Gasteiger partial charge in [-0.1, -0.05) is 11.3 Å². The minimum Gasteiger partial charge on any atom is -0.461 e. The van der Waals surface area contributed by atoms with E-state index >= 15 is 0 Å². The number of nitrogens with two attached hydrogens (primary N) is 2. The topological polar surface area (TPSA) is 149 Å². The van der Waals surface area contributed by atoms with Crippen LogP contribution in [0.25, 0.3) is 0 Å². The molecule has 0 saturated heterocycles. The average molecular weight is 275 g/mol. The van der Waals surface area contributed by atoms with Crippen LogP contribution in [0.3, 0.4) is 0 Å². The highest BCUT2D eigenvalue weighted by Gasteiger charge is 2.31. The number of aliphatic hydroxyl groups excluding tert-OH is 2. The summed E-state index contributed by atoms with van der Waals surface area (Å²) >= 11 is 0.770. The third-order valence-corrected chi connectivity index (χ3v) is 2.95. The number of amides is 1. The summed E-state index contributed by atoms with van der Waals surface area (Å²) in [5, 5.41) is 19.1. The molecule has 1 heterocycles. The zero-order valence-corrected chi connectivity index (χ0v) is 10.3. The van der Waals surface area contributed by atoms with Gasteiger partial charge in [0, 0.05) is 0 Å². The molecule has 0 bridgehead atoms. The lowest BCUT2D eigenvalue weighted by atomic mass is 10.1. The molecule has 2 unspecified atom stereocenters. The summed E-state index contributed by atoms with van der Waals surface area (Å²) in [7, 11) is 0. The number of carbonyl (C=O) groups is 2. The van der Waals surface area contributed by atoms with Gasteiger partial charge >= 0.3 is 5.97 Å². The maximum Gasteiger partial charge on any atom is 0.358 e. The molecule has 0 aromatic carbocycles. The van der Waals surface area contributed by atoms with Crippen LogP contribution in [0.5, 0.6) is 0 Å². The second-order valence-corrected chi connectivity index (χ2v) is 4.34. The number of hydrogen-bond acceptors (Lipinski definition) is 8. The first-order valence-electron chi connectivity index (χ1n) is 4.97. The molecule has 0 fully saturated rings. The van der Waals surface area contributed by atoms with Gasteiger partial charge in [-0.25, -0.2) is 9.78 Å². The van der Waals surface area contributed by atoms with Crippen molar-refractivity contribution in [2.75, 3.05) is 12.3 Å². The van der Waals surface area contributed by atoms with Crippen LogP contribution in [0.2, 0.25) is 0 Å². The Morgan fingerprint density at radius 3 is 2.61 bits per heavy atom. The molecule has 1 aromatic rings. The first-order chi connectivity index (χ1) is 8.38. The van der Waals surface area contributed by atoms with E-state index in [0.29, 0.717) is 0 Å². The summed E-state index contributed by atoms with van der Waals surface area (Å²) in [5.41, 5.74) is 10.0. The van der Waals surface area contributed by atoms with E-state index < -0.39 is 24.1 Å². The van der Waals surface area contributed by atoms with Crippen LogP contribution < -0.4 is 11.5 Å². The molecule has 9 heteroatoms. The van der Waals surface area contributed by atoms with Gasteiger partial charge in [0.15, 0.2) is 16.9 Å². The van der Waals surface area contributed by atoms with E-state index in [1.165, 1.54) is 0 Å². The fraction of sp³-hybridized carbons (Fsp3) is 0.444. The highest BCUT2D eigenvalue weighted by atomic mass is 32.1. The number of aliphatic hydroxyl groups is 2. The first-order valence-corrected chi connectivity index (χ1v) is 5.78. The second kappa shape index (κ2) is 5.76. The molecular formula is C9H13N3O5S. The van der Waals surface area contributed by atoms with Crippen molar-refractivity contribution in [3.8, 4) is 0 Å². The number of rotatable bonds is 5. The third-order valence-electron chi connectivity index (χ3n) is 2.00. The molecule has 0 saturated carbocycles. The van der Waals surface area contributed by atoms with Crippen LogP contribution in [0, 0.1) is 0 Å². The second-order valence-electron chi connectivity index (χ2n) is 3.28. The Kier molecular flexibility index (Phi) is 4.59. The molecular weight excluding hydrogens is 262 g/mol. The molecule has 2 atom stereocenters. The molecule has 1 aromatic heterocycles. The summed E-state index contributed by atoms with van der Waals surface area (Å²) < 4.78 is 4.71. The molecule has 0 aliphatic carbocycles. The quantitative estimate of drug-likeness (QED) is 0.492. The van der Waals surface area contributed by atoms with Gasteiger partial charge in [0.2, 0.25) is 5.91 Å². The number of esters is 1. The maximum absolute atomic E-state index is 11.5. The number of nitrogens with zero attached hydrogens (tertiary/aromatic N) is 1. The Balaban J connectivity index is 3.08. The zero-order valence-electron chi connectivity index (χ0n) is 9.49. The zero-order chi connectivity index (χ0) is 13.9. The number of ether oxygens (including phenoxy) is 1. The minimum atomic E-state index is -1.85. The Labute approximate surface area is 106 Å². The predicted octanol–water partition coefficient (Wildman–Crippen LogP) is -1.22. The Morgan fingerprint density at radius 1 is 1.50 bits per heavy atom. The van der Waals surface area contributed by atoms with Crippen molar-refractivity contribution >= 4 is 28.3 Å². The number of anilines is 1. The molecule has 100 valence electrons. The third kappa shape index (κ3) is 2.94. The van der Waals surface area contributed by atoms with Crippen molar-refractivity contribution in [2.24, 2.45) is 5.73 Å². The van der Waals surface area contributed by atoms with Gasteiger partial charge in [0.1, 0.15) is 6.10 Å². The molecule has 0 spiro atoms. The number of thiazole rings is 1. The van der Waals surface area contributed by atoms with Gasteiger partial charge in [-0.3, -0.25) is 4.79 Å². The standard InChI is InChI=1S/C9H13N3O5S/c1-2-17-8(16)3-6(18-9(11)12-3)4(13)5(14)7(10)15/h4-5,13-14H,2H2,1H3,(H2,10,15)(H2,11,12). The summed E-state index contributed by atoms with van der Waals surface area (Å²) in [6, 6.07) is 0. The van der Waals surface area contributed by atoms with Crippen molar-refractivity contribution in [1.29, 1.82) is 0 Å². The summed E-state index contributed by atoms with van der Waals surface area (Å²) in [6.45, 7) is 1.71. The van der Waals surface area contributed by atoms with Gasteiger partial charge in [-0.15, -0.1) is 0 Å². The molecule has 18 heavy (non-hydrogen) atoms. The molecule has 0 aliphatic heterocycles. The average Bonchev–Trinajstić information content (AvgIpc) is 2.69. The van der Waals surface area contributed by atoms with Crippen LogP contribution in [0.1, 0.15) is 28.4 Å². The van der Waals surface area contributed by atoms with Crippen molar-refractivity contribution in [3.63, 3.8) is 0 Å². The van der Waals surface area contributed by atoms with E-state index in [1.807, 2.05) is 0 Å². The number of hydrogen-bond donors (Lipinski definition) is 4. The van der Waals surface area contributed by atoms with E-state index in [4.69, 9.17) is 16.2 Å². The van der Waals surface area contributed by atoms with Gasteiger partial charge in [0.05, 0.1) is 11.5 Å². The fourth-order valence-corrected chi connectivity index (χ4v) is 2.03. The lowest BCUT2D eigenvalue weighted by Gasteiger charge is -2.13. The smallest absolute Gasteiger partial charge is 0.358 e. The Hall–Kier alpha value is -1.71. The summed E-state index contributed by atoms with van der Waals surface area (Å²) in [4.78, 5) is 25.9. The van der Waals surface area contributed by atoms with Crippen LogP contribution in [0.15, 0.2) is 0 Å². The van der Waals surface area contributed by atoms with Crippen LogP contribution in [0.4, 0.5) is 5.13 Å². The SMILES string of the molecule is CCOC(=O)c1nc(N)sc1C(O)C(O)C(N)=O. The maximum atomic E-state index is 11.5. The van der Waals surface area contributed by atoms with Crippen LogP contribution in [-0.2, 0) is 9.53 Å². The highest BCUT2D eigenvalue weighted by Crippen LogP contribution is 2.29. The number of carbonyl (C=O) groups excluding carboxylic acids is 2. The number of primary amides is 1. The molecule has 6 N–H and O–H groups in total. The van der Waals surface area contributed by atoms with Crippen LogP contribution in [-0.4, -0.2) is 39.8 Å². The highest BCUT2D eigenvalue weighted by molar-refractivity contribution is 7.15. The first kappa shape index (κ1) is 14.4. The fourth-order valence-electron chi connectivity index (χ4n) is 1.19.